The first-order chi connectivity index (χ1) is 6.34. The number of benzene rings is 1. The third-order valence-corrected chi connectivity index (χ3v) is 3.21. The minimum Gasteiger partial charge on any atom is -0.380 e. The van der Waals surface area contributed by atoms with Gasteiger partial charge in [-0.25, -0.2) is 0 Å². The molecule has 0 saturated carbocycles. The lowest BCUT2D eigenvalue weighted by Gasteiger charge is -2.06. The summed E-state index contributed by atoms with van der Waals surface area (Å²) in [4.78, 5) is 0. The molecule has 2 atom stereocenters. The van der Waals surface area contributed by atoms with Gasteiger partial charge >= 0.3 is 0 Å². The molecule has 3 rings (SSSR count). The zero-order valence-corrected chi connectivity index (χ0v) is 7.93. The number of hydrogen-bond donors (Lipinski definition) is 2. The lowest BCUT2D eigenvalue weighted by molar-refractivity contribution is 0.736. The van der Waals surface area contributed by atoms with Crippen molar-refractivity contribution in [1.29, 1.82) is 0 Å². The molecule has 0 amide bonds. The normalized spacial score (nSPS) is 29.6. The molecular formula is C10H11ClN2. The molecule has 13 heavy (non-hydrogen) atoms. The van der Waals surface area contributed by atoms with Crippen molar-refractivity contribution < 1.29 is 0 Å². The van der Waals surface area contributed by atoms with Gasteiger partial charge in [0.1, 0.15) is 0 Å². The van der Waals surface area contributed by atoms with Gasteiger partial charge in [0.15, 0.2) is 0 Å². The van der Waals surface area contributed by atoms with Crippen LogP contribution in [0.2, 0.25) is 5.02 Å². The Balaban J connectivity index is 2.08. The van der Waals surface area contributed by atoms with Gasteiger partial charge in [-0.1, -0.05) is 17.7 Å². The molecule has 0 aromatic heterocycles. The summed E-state index contributed by atoms with van der Waals surface area (Å²) < 4.78 is 0. The van der Waals surface area contributed by atoms with Crippen molar-refractivity contribution in [3.63, 3.8) is 0 Å². The van der Waals surface area contributed by atoms with Crippen LogP contribution in [0.4, 0.5) is 5.69 Å². The van der Waals surface area contributed by atoms with E-state index in [1.54, 1.807) is 0 Å². The molecule has 0 radical (unpaired) electrons. The molecule has 1 fully saturated rings. The van der Waals surface area contributed by atoms with E-state index in [-0.39, 0.29) is 0 Å². The maximum atomic E-state index is 5.92. The van der Waals surface area contributed by atoms with E-state index >= 15 is 0 Å². The standard InChI is InChI=1S/C10H11ClN2/c11-6-1-2-7-8-4-12-5-10(8)13-9(7)3-6/h1-3,8,10,12-13H,4-5H2. The predicted molar refractivity (Wildman–Crippen MR) is 54.5 cm³/mol. The smallest absolute Gasteiger partial charge is 0.0467 e. The lowest BCUT2D eigenvalue weighted by Crippen LogP contribution is -2.20. The molecular weight excluding hydrogens is 184 g/mol. The fourth-order valence-electron chi connectivity index (χ4n) is 2.33. The lowest BCUT2D eigenvalue weighted by atomic mass is 9.98. The molecule has 2 unspecified atom stereocenters. The van der Waals surface area contributed by atoms with Crippen LogP contribution in [-0.2, 0) is 0 Å². The summed E-state index contributed by atoms with van der Waals surface area (Å²) in [5, 5.41) is 7.69. The van der Waals surface area contributed by atoms with Gasteiger partial charge in [0, 0.05) is 35.8 Å². The Bertz CT molecular complexity index is 351. The third-order valence-electron chi connectivity index (χ3n) is 2.97. The summed E-state index contributed by atoms with van der Waals surface area (Å²) >= 11 is 5.92. The van der Waals surface area contributed by atoms with Crippen molar-refractivity contribution in [2.45, 2.75) is 12.0 Å². The van der Waals surface area contributed by atoms with Crippen LogP contribution in [0.5, 0.6) is 0 Å². The maximum Gasteiger partial charge on any atom is 0.0467 e. The highest BCUT2D eigenvalue weighted by Gasteiger charge is 2.35. The highest BCUT2D eigenvalue weighted by molar-refractivity contribution is 6.30. The van der Waals surface area contributed by atoms with Gasteiger partial charge in [-0.3, -0.25) is 0 Å². The molecule has 0 bridgehead atoms. The Hall–Kier alpha value is -0.730. The van der Waals surface area contributed by atoms with Gasteiger partial charge in [0.25, 0.3) is 0 Å². The Kier molecular flexibility index (Phi) is 1.55. The van der Waals surface area contributed by atoms with E-state index in [1.807, 2.05) is 12.1 Å². The molecule has 2 aliphatic rings. The molecule has 0 aliphatic carbocycles. The van der Waals surface area contributed by atoms with Crippen molar-refractivity contribution in [3.8, 4) is 0 Å². The number of halogens is 1. The fourth-order valence-corrected chi connectivity index (χ4v) is 2.51. The van der Waals surface area contributed by atoms with Gasteiger partial charge in [0.2, 0.25) is 0 Å². The number of rotatable bonds is 0. The molecule has 68 valence electrons. The van der Waals surface area contributed by atoms with Crippen molar-refractivity contribution in [2.75, 3.05) is 18.4 Å². The minimum absolute atomic E-state index is 0.577. The first kappa shape index (κ1) is 7.65. The second kappa shape index (κ2) is 2.63. The van der Waals surface area contributed by atoms with Crippen LogP contribution in [-0.4, -0.2) is 19.1 Å². The van der Waals surface area contributed by atoms with E-state index in [4.69, 9.17) is 11.6 Å². The highest BCUT2D eigenvalue weighted by Crippen LogP contribution is 2.38. The number of nitrogens with one attached hydrogen (secondary N) is 2. The van der Waals surface area contributed by atoms with Gasteiger partial charge < -0.3 is 10.6 Å². The second-order valence-electron chi connectivity index (χ2n) is 3.75. The van der Waals surface area contributed by atoms with Crippen molar-refractivity contribution in [1.82, 2.24) is 5.32 Å². The quantitative estimate of drug-likeness (QED) is 0.659. The maximum absolute atomic E-state index is 5.92. The Morgan fingerprint density at radius 3 is 3.15 bits per heavy atom. The molecule has 3 heteroatoms. The summed E-state index contributed by atoms with van der Waals surface area (Å²) in [6.45, 7) is 2.16. The largest absolute Gasteiger partial charge is 0.380 e. The minimum atomic E-state index is 0.577. The summed E-state index contributed by atoms with van der Waals surface area (Å²) in [6, 6.07) is 6.72. The number of hydrogen-bond acceptors (Lipinski definition) is 2. The van der Waals surface area contributed by atoms with Gasteiger partial charge in [0.05, 0.1) is 0 Å². The average Bonchev–Trinajstić information content (AvgIpc) is 2.62. The third kappa shape index (κ3) is 1.06. The first-order valence-electron chi connectivity index (χ1n) is 4.61. The molecule has 0 spiro atoms. The summed E-state index contributed by atoms with van der Waals surface area (Å²) in [7, 11) is 0. The number of fused-ring (bicyclic) bond motifs is 3. The topological polar surface area (TPSA) is 24.1 Å². The van der Waals surface area contributed by atoms with Crippen molar-refractivity contribution in [2.24, 2.45) is 0 Å². The first-order valence-corrected chi connectivity index (χ1v) is 4.99. The Morgan fingerprint density at radius 1 is 1.31 bits per heavy atom. The van der Waals surface area contributed by atoms with Crippen LogP contribution in [0.3, 0.4) is 0 Å². The molecule has 1 aromatic rings. The van der Waals surface area contributed by atoms with E-state index in [1.165, 1.54) is 11.3 Å². The zero-order valence-electron chi connectivity index (χ0n) is 7.18. The fraction of sp³-hybridized carbons (Fsp3) is 0.400. The van der Waals surface area contributed by atoms with E-state index in [0.29, 0.717) is 12.0 Å². The molecule has 2 nitrogen and oxygen atoms in total. The van der Waals surface area contributed by atoms with Crippen LogP contribution in [0.25, 0.3) is 0 Å². The summed E-state index contributed by atoms with van der Waals surface area (Å²) in [5.74, 6) is 0.646. The van der Waals surface area contributed by atoms with Gasteiger partial charge in [-0.15, -0.1) is 0 Å². The van der Waals surface area contributed by atoms with Crippen LogP contribution < -0.4 is 10.6 Å². The van der Waals surface area contributed by atoms with Crippen LogP contribution in [0.1, 0.15) is 11.5 Å². The van der Waals surface area contributed by atoms with E-state index in [0.717, 1.165) is 18.1 Å². The molecule has 2 heterocycles. The highest BCUT2D eigenvalue weighted by atomic mass is 35.5. The van der Waals surface area contributed by atoms with Gasteiger partial charge in [-0.2, -0.15) is 0 Å². The van der Waals surface area contributed by atoms with Crippen LogP contribution in [0.15, 0.2) is 18.2 Å². The van der Waals surface area contributed by atoms with Crippen LogP contribution in [0, 0.1) is 0 Å². The van der Waals surface area contributed by atoms with E-state index < -0.39 is 0 Å². The Morgan fingerprint density at radius 2 is 2.23 bits per heavy atom. The average molecular weight is 195 g/mol. The summed E-state index contributed by atoms with van der Waals surface area (Å²) in [6.07, 6.45) is 0. The van der Waals surface area contributed by atoms with E-state index in [2.05, 4.69) is 16.7 Å². The monoisotopic (exact) mass is 194 g/mol. The second-order valence-corrected chi connectivity index (χ2v) is 4.18. The predicted octanol–water partition coefficient (Wildman–Crippen LogP) is 1.82. The van der Waals surface area contributed by atoms with Gasteiger partial charge in [-0.05, 0) is 17.7 Å². The Labute approximate surface area is 82.3 Å². The summed E-state index contributed by atoms with van der Waals surface area (Å²) in [5.41, 5.74) is 2.64. The van der Waals surface area contributed by atoms with E-state index in [9.17, 15) is 0 Å². The number of anilines is 1. The van der Waals surface area contributed by atoms with Crippen molar-refractivity contribution >= 4 is 17.3 Å². The van der Waals surface area contributed by atoms with Crippen molar-refractivity contribution in [3.05, 3.63) is 28.8 Å². The SMILES string of the molecule is Clc1ccc2c(c1)NC1CNCC21. The molecule has 2 aliphatic heterocycles. The molecule has 1 aromatic carbocycles. The molecule has 2 N–H and O–H groups in total. The van der Waals surface area contributed by atoms with Crippen LogP contribution >= 0.6 is 11.6 Å². The molecule has 1 saturated heterocycles. The zero-order chi connectivity index (χ0) is 8.84.